The number of rotatable bonds is 77. The molecule has 0 aromatic rings. The fourth-order valence-electron chi connectivity index (χ4n) is 13.7. The average Bonchev–Trinajstić information content (AvgIpc) is 3.48. The third-order valence-corrected chi connectivity index (χ3v) is 19.5. The number of unbranched alkanes of at least 4 members (excludes halogenated alkanes) is 69. The first-order valence-corrected chi connectivity index (χ1v) is 39.6. The molecule has 0 nitrogen and oxygen atoms in total. The molecule has 0 bridgehead atoms. The Bertz CT molecular complexity index is 990. The molecule has 0 atom stereocenters. The Morgan fingerprint density at radius 3 is 0.395 bits per heavy atom. The lowest BCUT2D eigenvalue weighted by molar-refractivity contribution is 0.370. The molecule has 0 N–H and O–H groups in total. The molecule has 0 saturated carbocycles. The second-order valence-corrected chi connectivity index (χ2v) is 27.8. The Hall–Kier alpha value is -0.520. The van der Waals surface area contributed by atoms with Gasteiger partial charge >= 0.3 is 0 Å². The molecule has 0 aliphatic rings. The van der Waals surface area contributed by atoms with E-state index in [1.165, 1.54) is 482 Å². The molecular weight excluding hydrogens is 973 g/mol. The smallest absolute Gasteiger partial charge is 0.0353 e. The molecule has 0 amide bonds. The van der Waals surface area contributed by atoms with Gasteiger partial charge in [0, 0.05) is 0 Å². The summed E-state index contributed by atoms with van der Waals surface area (Å²) in [6, 6.07) is 0. The van der Waals surface area contributed by atoms with Crippen LogP contribution in [0.4, 0.5) is 0 Å². The predicted molar refractivity (Wildman–Crippen MR) is 376 cm³/mol. The minimum absolute atomic E-state index is 1.03. The SMILES string of the molecule is C=CCCCCCCCCCCCCCCCCCCCCCCCCCCCCCCCCCCCCC(CCCC)CCCCCCCCCCCCCCCCCCCCCCCCCCCCCCCCCCCCC=C. The van der Waals surface area contributed by atoms with Crippen molar-refractivity contribution >= 4 is 0 Å². The van der Waals surface area contributed by atoms with Gasteiger partial charge in [-0.2, -0.15) is 0 Å². The van der Waals surface area contributed by atoms with Crippen molar-refractivity contribution in [1.29, 1.82) is 0 Å². The zero-order chi connectivity index (χ0) is 58.0. The van der Waals surface area contributed by atoms with Gasteiger partial charge in [-0.15, -0.1) is 13.2 Å². The molecule has 0 heterocycles. The molecule has 0 heteroatoms. The van der Waals surface area contributed by atoms with Crippen molar-refractivity contribution in [3.8, 4) is 0 Å². The van der Waals surface area contributed by atoms with E-state index in [0.29, 0.717) is 0 Å². The third-order valence-electron chi connectivity index (χ3n) is 19.5. The lowest BCUT2D eigenvalue weighted by Crippen LogP contribution is -2.01. The van der Waals surface area contributed by atoms with Gasteiger partial charge in [-0.25, -0.2) is 0 Å². The van der Waals surface area contributed by atoms with Crippen LogP contribution in [0.3, 0.4) is 0 Å². The molecule has 0 spiro atoms. The molecule has 81 heavy (non-hydrogen) atoms. The van der Waals surface area contributed by atoms with Gasteiger partial charge in [0.15, 0.2) is 0 Å². The zero-order valence-corrected chi connectivity index (χ0v) is 57.2. The van der Waals surface area contributed by atoms with Crippen molar-refractivity contribution in [3.63, 3.8) is 0 Å². The molecule has 0 rings (SSSR count). The first-order valence-electron chi connectivity index (χ1n) is 39.6. The summed E-state index contributed by atoms with van der Waals surface area (Å²) in [5.41, 5.74) is 0. The van der Waals surface area contributed by atoms with Crippen LogP contribution in [-0.4, -0.2) is 0 Å². The summed E-state index contributed by atoms with van der Waals surface area (Å²) in [7, 11) is 0. The van der Waals surface area contributed by atoms with Gasteiger partial charge in [0.2, 0.25) is 0 Å². The maximum Gasteiger partial charge on any atom is -0.0353 e. The summed E-state index contributed by atoms with van der Waals surface area (Å²) in [6.45, 7) is 10.0. The molecule has 0 aromatic carbocycles. The standard InChI is InChI=1S/C81H160/c1-4-7-10-12-14-16-18-20-22-24-26-28-30-32-34-36-38-40-42-44-46-48-50-52-54-56-58-60-62-64-66-68-70-72-74-76-79-81(78-9-6-3)80-77-75-73-71-69-67-65-63-61-59-57-55-53-51-49-47-45-43-41-39-37-35-33-31-29-27-25-23-21-19-17-15-13-11-8-5-2/h4-5,81H,1-2,6-80H2,3H3. The monoisotopic (exact) mass is 1130 g/mol. The van der Waals surface area contributed by atoms with Crippen molar-refractivity contribution in [2.24, 2.45) is 5.92 Å². The van der Waals surface area contributed by atoms with E-state index < -0.39 is 0 Å². The van der Waals surface area contributed by atoms with E-state index in [9.17, 15) is 0 Å². The van der Waals surface area contributed by atoms with Gasteiger partial charge < -0.3 is 0 Å². The molecule has 0 aliphatic heterocycles. The van der Waals surface area contributed by atoms with Crippen molar-refractivity contribution in [1.82, 2.24) is 0 Å². The second kappa shape index (κ2) is 77.5. The predicted octanol–water partition coefficient (Wildman–Crippen LogP) is 31.3. The normalized spacial score (nSPS) is 11.7. The number of allylic oxidation sites excluding steroid dienone is 2. The summed E-state index contributed by atoms with van der Waals surface area (Å²) in [5, 5.41) is 0. The van der Waals surface area contributed by atoms with Crippen LogP contribution in [0.15, 0.2) is 25.3 Å². The van der Waals surface area contributed by atoms with Crippen molar-refractivity contribution in [2.45, 2.75) is 488 Å². The molecule has 0 fully saturated rings. The fraction of sp³-hybridized carbons (Fsp3) is 0.951. The summed E-state index contributed by atoms with van der Waals surface area (Å²) >= 11 is 0. The Labute approximate surface area is 517 Å². The van der Waals surface area contributed by atoms with Crippen LogP contribution in [-0.2, 0) is 0 Å². The number of hydrogen-bond donors (Lipinski definition) is 0. The van der Waals surface area contributed by atoms with E-state index in [4.69, 9.17) is 0 Å². The Kier molecular flexibility index (Phi) is 77.0. The topological polar surface area (TPSA) is 0 Å². The Morgan fingerprint density at radius 2 is 0.272 bits per heavy atom. The van der Waals surface area contributed by atoms with Crippen LogP contribution in [0.5, 0.6) is 0 Å². The second-order valence-electron chi connectivity index (χ2n) is 27.8. The van der Waals surface area contributed by atoms with Crippen LogP contribution in [0, 0.1) is 5.92 Å². The summed E-state index contributed by atoms with van der Waals surface area (Å²) in [4.78, 5) is 0. The van der Waals surface area contributed by atoms with Crippen LogP contribution in [0.1, 0.15) is 488 Å². The van der Waals surface area contributed by atoms with Gasteiger partial charge in [-0.05, 0) is 31.6 Å². The summed E-state index contributed by atoms with van der Waals surface area (Å²) in [5.74, 6) is 1.03. The van der Waals surface area contributed by atoms with E-state index in [1.54, 1.807) is 0 Å². The summed E-state index contributed by atoms with van der Waals surface area (Å²) in [6.07, 6.45) is 115. The fourth-order valence-corrected chi connectivity index (χ4v) is 13.7. The van der Waals surface area contributed by atoms with Crippen molar-refractivity contribution in [3.05, 3.63) is 25.3 Å². The van der Waals surface area contributed by atoms with Crippen LogP contribution in [0.2, 0.25) is 0 Å². The lowest BCUT2D eigenvalue weighted by atomic mass is 9.90. The average molecular weight is 1130 g/mol. The third kappa shape index (κ3) is 75.5. The molecule has 0 radical (unpaired) electrons. The highest BCUT2D eigenvalue weighted by Crippen LogP contribution is 2.25. The van der Waals surface area contributed by atoms with E-state index in [2.05, 4.69) is 32.2 Å². The maximum atomic E-state index is 3.83. The highest BCUT2D eigenvalue weighted by Gasteiger charge is 2.09. The molecule has 484 valence electrons. The first-order chi connectivity index (χ1) is 40.3. The van der Waals surface area contributed by atoms with Gasteiger partial charge in [-0.1, -0.05) is 475 Å². The number of hydrogen-bond acceptors (Lipinski definition) is 0. The molecule has 0 unspecified atom stereocenters. The van der Waals surface area contributed by atoms with Gasteiger partial charge in [0.05, 0.1) is 0 Å². The largest absolute Gasteiger partial charge is 0.103 e. The minimum atomic E-state index is 1.03. The van der Waals surface area contributed by atoms with Crippen LogP contribution >= 0.6 is 0 Å². The highest BCUT2D eigenvalue weighted by atomic mass is 14.1. The molecule has 0 aromatic heterocycles. The van der Waals surface area contributed by atoms with E-state index >= 15 is 0 Å². The first kappa shape index (κ1) is 80.5. The lowest BCUT2D eigenvalue weighted by Gasteiger charge is -2.16. The summed E-state index contributed by atoms with van der Waals surface area (Å²) < 4.78 is 0. The van der Waals surface area contributed by atoms with E-state index in [0.717, 1.165) is 5.92 Å². The van der Waals surface area contributed by atoms with Crippen LogP contribution in [0.25, 0.3) is 0 Å². The van der Waals surface area contributed by atoms with E-state index in [1.807, 2.05) is 0 Å². The zero-order valence-electron chi connectivity index (χ0n) is 57.2. The molecule has 0 saturated heterocycles. The van der Waals surface area contributed by atoms with Gasteiger partial charge in [0.25, 0.3) is 0 Å². The molecule has 0 aliphatic carbocycles. The highest BCUT2D eigenvalue weighted by molar-refractivity contribution is 4.67. The van der Waals surface area contributed by atoms with E-state index in [-0.39, 0.29) is 0 Å². The maximum absolute atomic E-state index is 3.83. The Morgan fingerprint density at radius 1 is 0.160 bits per heavy atom. The van der Waals surface area contributed by atoms with Crippen molar-refractivity contribution in [2.75, 3.05) is 0 Å². The molecular formula is C81H160. The minimum Gasteiger partial charge on any atom is -0.103 e. The Balaban J connectivity index is 3.32. The van der Waals surface area contributed by atoms with Crippen LogP contribution < -0.4 is 0 Å². The van der Waals surface area contributed by atoms with Gasteiger partial charge in [-0.3, -0.25) is 0 Å². The van der Waals surface area contributed by atoms with Gasteiger partial charge in [0.1, 0.15) is 0 Å². The van der Waals surface area contributed by atoms with Crippen molar-refractivity contribution < 1.29 is 0 Å². The quantitative estimate of drug-likeness (QED) is 0.0421.